The summed E-state index contributed by atoms with van der Waals surface area (Å²) in [5, 5.41) is 2.64. The maximum Gasteiger partial charge on any atom is 0.407 e. The van der Waals surface area contributed by atoms with E-state index in [4.69, 9.17) is 4.74 Å². The van der Waals surface area contributed by atoms with E-state index < -0.39 is 29.4 Å². The molecule has 1 aromatic carbocycles. The first-order chi connectivity index (χ1) is 13.9. The van der Waals surface area contributed by atoms with Crippen LogP contribution in [0.1, 0.15) is 51.7 Å². The Kier molecular flexibility index (Phi) is 9.75. The summed E-state index contributed by atoms with van der Waals surface area (Å²) in [5.74, 6) is -1.77. The lowest BCUT2D eigenvalue weighted by Gasteiger charge is -2.26. The Morgan fingerprint density at radius 2 is 1.90 bits per heavy atom. The van der Waals surface area contributed by atoms with E-state index in [0.717, 1.165) is 5.56 Å². The van der Waals surface area contributed by atoms with Crippen molar-refractivity contribution in [3.8, 4) is 0 Å². The average molecular weight is 425 g/mol. The van der Waals surface area contributed by atoms with Gasteiger partial charge in [0.1, 0.15) is 11.4 Å². The number of esters is 1. The van der Waals surface area contributed by atoms with Gasteiger partial charge >= 0.3 is 12.1 Å². The van der Waals surface area contributed by atoms with Crippen LogP contribution in [0.25, 0.3) is 0 Å². The van der Waals surface area contributed by atoms with Crippen molar-refractivity contribution in [1.29, 1.82) is 0 Å². The molecule has 0 aliphatic rings. The van der Waals surface area contributed by atoms with Gasteiger partial charge in [-0.25, -0.2) is 9.18 Å². The Labute approximate surface area is 177 Å². The van der Waals surface area contributed by atoms with Crippen molar-refractivity contribution < 1.29 is 28.2 Å². The minimum Gasteiger partial charge on any atom is -0.469 e. The van der Waals surface area contributed by atoms with E-state index in [2.05, 4.69) is 10.1 Å². The Morgan fingerprint density at radius 1 is 1.23 bits per heavy atom. The molecule has 0 saturated heterocycles. The summed E-state index contributed by atoms with van der Waals surface area (Å²) in [6.45, 7) is 9.44. The van der Waals surface area contributed by atoms with Crippen molar-refractivity contribution in [1.82, 2.24) is 10.2 Å². The SMILES string of the molecule is COC(=O)C[C@H](C)C(=O)N(CCCNC(=O)OC(C)(C)C)Cc1cc(C)ccc1F. The standard InChI is InChI=1S/C22H33FN2O5/c1-15-8-9-18(23)17(12-15)14-25(20(27)16(2)13-19(26)29-6)11-7-10-24-21(28)30-22(3,4)5/h8-9,12,16H,7,10-11,13-14H2,1-6H3,(H,24,28)/t16-/m0/s1. The van der Waals surface area contributed by atoms with Crippen molar-refractivity contribution in [3.05, 3.63) is 35.1 Å². The van der Waals surface area contributed by atoms with Gasteiger partial charge in [0.15, 0.2) is 0 Å². The molecule has 0 aromatic heterocycles. The molecular formula is C22H33FN2O5. The smallest absolute Gasteiger partial charge is 0.407 e. The lowest BCUT2D eigenvalue weighted by atomic mass is 10.0. The molecule has 1 rings (SSSR count). The van der Waals surface area contributed by atoms with Gasteiger partial charge in [0, 0.05) is 31.1 Å². The third-order valence-electron chi connectivity index (χ3n) is 4.27. The molecule has 0 radical (unpaired) electrons. The first-order valence-corrected chi connectivity index (χ1v) is 10.0. The van der Waals surface area contributed by atoms with Crippen LogP contribution in [0.3, 0.4) is 0 Å². The van der Waals surface area contributed by atoms with E-state index in [1.807, 2.05) is 6.92 Å². The second-order valence-corrected chi connectivity index (χ2v) is 8.32. The van der Waals surface area contributed by atoms with Crippen LogP contribution in [-0.2, 0) is 25.6 Å². The van der Waals surface area contributed by atoms with Crippen molar-refractivity contribution in [3.63, 3.8) is 0 Å². The average Bonchev–Trinajstić information content (AvgIpc) is 2.64. The van der Waals surface area contributed by atoms with Gasteiger partial charge in [-0.15, -0.1) is 0 Å². The van der Waals surface area contributed by atoms with Gasteiger partial charge in [0.05, 0.1) is 13.5 Å². The molecule has 1 N–H and O–H groups in total. The third-order valence-corrected chi connectivity index (χ3v) is 4.27. The van der Waals surface area contributed by atoms with Crippen LogP contribution < -0.4 is 5.32 Å². The molecule has 0 saturated carbocycles. The molecule has 7 nitrogen and oxygen atoms in total. The fraction of sp³-hybridized carbons (Fsp3) is 0.591. The van der Waals surface area contributed by atoms with Crippen LogP contribution in [0.2, 0.25) is 0 Å². The summed E-state index contributed by atoms with van der Waals surface area (Å²) in [4.78, 5) is 37.7. The monoisotopic (exact) mass is 424 g/mol. The molecular weight excluding hydrogens is 391 g/mol. The number of alkyl carbamates (subject to hydrolysis) is 1. The summed E-state index contributed by atoms with van der Waals surface area (Å²) in [5.41, 5.74) is 0.680. The number of benzene rings is 1. The zero-order valence-electron chi connectivity index (χ0n) is 18.7. The minimum absolute atomic E-state index is 0.0573. The quantitative estimate of drug-likeness (QED) is 0.484. The van der Waals surface area contributed by atoms with E-state index in [1.165, 1.54) is 18.1 Å². The highest BCUT2D eigenvalue weighted by atomic mass is 19.1. The molecule has 2 amide bonds. The number of methoxy groups -OCH3 is 1. The van der Waals surface area contributed by atoms with E-state index in [9.17, 15) is 18.8 Å². The number of halogens is 1. The number of aryl methyl sites for hydroxylation is 1. The van der Waals surface area contributed by atoms with Gasteiger partial charge in [0.25, 0.3) is 0 Å². The van der Waals surface area contributed by atoms with Gasteiger partial charge in [-0.1, -0.05) is 24.6 Å². The number of nitrogens with one attached hydrogen (secondary N) is 1. The highest BCUT2D eigenvalue weighted by Crippen LogP contribution is 2.16. The normalized spacial score (nSPS) is 12.1. The molecule has 0 fully saturated rings. The molecule has 1 aromatic rings. The number of nitrogens with zero attached hydrogens (tertiary/aromatic N) is 1. The Hall–Kier alpha value is -2.64. The van der Waals surface area contributed by atoms with Crippen LogP contribution in [0.5, 0.6) is 0 Å². The maximum absolute atomic E-state index is 14.2. The molecule has 168 valence electrons. The molecule has 0 spiro atoms. The summed E-state index contributed by atoms with van der Waals surface area (Å²) in [7, 11) is 1.27. The van der Waals surface area contributed by atoms with Crippen LogP contribution >= 0.6 is 0 Å². The molecule has 0 unspecified atom stereocenters. The predicted octanol–water partition coefficient (Wildman–Crippen LogP) is 3.58. The highest BCUT2D eigenvalue weighted by molar-refractivity contribution is 5.83. The number of carbonyl (C=O) groups excluding carboxylic acids is 3. The number of rotatable bonds is 9. The van der Waals surface area contributed by atoms with Gasteiger partial charge in [0.2, 0.25) is 5.91 Å². The Morgan fingerprint density at radius 3 is 2.50 bits per heavy atom. The topological polar surface area (TPSA) is 84.9 Å². The first-order valence-electron chi connectivity index (χ1n) is 10.0. The number of hydrogen-bond acceptors (Lipinski definition) is 5. The second-order valence-electron chi connectivity index (χ2n) is 8.32. The van der Waals surface area contributed by atoms with E-state index in [0.29, 0.717) is 18.5 Å². The predicted molar refractivity (Wildman–Crippen MR) is 111 cm³/mol. The van der Waals surface area contributed by atoms with Crippen LogP contribution in [0.15, 0.2) is 18.2 Å². The first kappa shape index (κ1) is 25.4. The van der Waals surface area contributed by atoms with Gasteiger partial charge in [-0.2, -0.15) is 0 Å². The lowest BCUT2D eigenvalue weighted by molar-refractivity contribution is -0.146. The minimum atomic E-state index is -0.607. The van der Waals surface area contributed by atoms with E-state index in [-0.39, 0.29) is 25.4 Å². The van der Waals surface area contributed by atoms with Crippen molar-refractivity contribution >= 4 is 18.0 Å². The zero-order chi connectivity index (χ0) is 22.9. The second kappa shape index (κ2) is 11.5. The molecule has 0 aliphatic carbocycles. The van der Waals surface area contributed by atoms with Crippen LogP contribution in [0.4, 0.5) is 9.18 Å². The third kappa shape index (κ3) is 9.24. The molecule has 30 heavy (non-hydrogen) atoms. The zero-order valence-corrected chi connectivity index (χ0v) is 18.7. The summed E-state index contributed by atoms with van der Waals surface area (Å²) in [6.07, 6.45) is -0.147. The summed E-state index contributed by atoms with van der Waals surface area (Å²) >= 11 is 0. The fourth-order valence-electron chi connectivity index (χ4n) is 2.80. The van der Waals surface area contributed by atoms with Crippen molar-refractivity contribution in [2.75, 3.05) is 20.2 Å². The van der Waals surface area contributed by atoms with Gasteiger partial charge in [-0.3, -0.25) is 9.59 Å². The number of carbonyl (C=O) groups is 3. The van der Waals surface area contributed by atoms with Crippen molar-refractivity contribution in [2.24, 2.45) is 5.92 Å². The number of ether oxygens (including phenoxy) is 2. The van der Waals surface area contributed by atoms with Crippen LogP contribution in [0, 0.1) is 18.7 Å². The maximum atomic E-state index is 14.2. The lowest BCUT2D eigenvalue weighted by Crippen LogP contribution is -2.38. The molecule has 0 heterocycles. The summed E-state index contributed by atoms with van der Waals surface area (Å²) < 4.78 is 24.0. The molecule has 0 bridgehead atoms. The summed E-state index contributed by atoms with van der Waals surface area (Å²) in [6, 6.07) is 4.73. The fourth-order valence-corrected chi connectivity index (χ4v) is 2.80. The number of amides is 2. The highest BCUT2D eigenvalue weighted by Gasteiger charge is 2.24. The van der Waals surface area contributed by atoms with Gasteiger partial charge < -0.3 is 19.7 Å². The molecule has 1 atom stereocenters. The van der Waals surface area contributed by atoms with Gasteiger partial charge in [-0.05, 0) is 40.2 Å². The molecule has 0 aliphatic heterocycles. The largest absolute Gasteiger partial charge is 0.469 e. The van der Waals surface area contributed by atoms with Crippen molar-refractivity contribution in [2.45, 2.75) is 59.6 Å². The van der Waals surface area contributed by atoms with Crippen LogP contribution in [-0.4, -0.2) is 48.7 Å². The van der Waals surface area contributed by atoms with E-state index >= 15 is 0 Å². The Bertz CT molecular complexity index is 746. The Balaban J connectivity index is 2.79. The number of hydrogen-bond donors (Lipinski definition) is 1. The molecule has 8 heteroatoms. The van der Waals surface area contributed by atoms with E-state index in [1.54, 1.807) is 39.8 Å².